The second kappa shape index (κ2) is 5.65. The Bertz CT molecular complexity index is 516. The summed E-state index contributed by atoms with van der Waals surface area (Å²) in [5, 5.41) is 0. The van der Waals surface area contributed by atoms with Crippen LogP contribution >= 0.6 is 0 Å². The van der Waals surface area contributed by atoms with Gasteiger partial charge in [0.1, 0.15) is 5.82 Å². The Morgan fingerprint density at radius 3 is 2.94 bits per heavy atom. The first-order valence-electron chi connectivity index (χ1n) is 6.01. The van der Waals surface area contributed by atoms with Crippen molar-refractivity contribution in [2.75, 3.05) is 18.0 Å². The third kappa shape index (κ3) is 2.69. The molecule has 0 atom stereocenters. The van der Waals surface area contributed by atoms with Crippen molar-refractivity contribution in [2.24, 2.45) is 5.73 Å². The number of piperidine rings is 1. The van der Waals surface area contributed by atoms with E-state index < -0.39 is 0 Å². The molecule has 0 spiro atoms. The largest absolute Gasteiger partial charge is 0.320 e. The van der Waals surface area contributed by atoms with Crippen LogP contribution < -0.4 is 10.6 Å². The van der Waals surface area contributed by atoms with Crippen LogP contribution in [0.3, 0.4) is 0 Å². The first-order valence-corrected chi connectivity index (χ1v) is 6.01. The van der Waals surface area contributed by atoms with E-state index in [4.69, 9.17) is 5.73 Å². The lowest BCUT2D eigenvalue weighted by molar-refractivity contribution is -0.119. The van der Waals surface area contributed by atoms with Gasteiger partial charge in [-0.2, -0.15) is 0 Å². The van der Waals surface area contributed by atoms with Gasteiger partial charge in [0.05, 0.1) is 17.8 Å². The molecule has 0 unspecified atom stereocenters. The molecule has 0 radical (unpaired) electrons. The van der Waals surface area contributed by atoms with Crippen LogP contribution in [-0.2, 0) is 4.79 Å². The Morgan fingerprint density at radius 2 is 2.22 bits per heavy atom. The Hall–Kier alpha value is -1.86. The highest BCUT2D eigenvalue weighted by molar-refractivity contribution is 5.95. The summed E-state index contributed by atoms with van der Waals surface area (Å²) in [6, 6.07) is 4.31. The molecule has 0 bridgehead atoms. The molecule has 0 aromatic heterocycles. The van der Waals surface area contributed by atoms with Crippen molar-refractivity contribution >= 4 is 11.6 Å². The predicted molar refractivity (Wildman–Crippen MR) is 68.5 cm³/mol. The third-order valence-electron chi connectivity index (χ3n) is 2.90. The number of amides is 1. The molecule has 1 heterocycles. The molecule has 1 aliphatic heterocycles. The predicted octanol–water partition coefficient (Wildman–Crippen LogP) is 1.65. The fraction of sp³-hybridized carbons (Fsp3) is 0.357. The lowest BCUT2D eigenvalue weighted by Gasteiger charge is -2.27. The zero-order valence-corrected chi connectivity index (χ0v) is 10.1. The van der Waals surface area contributed by atoms with Crippen molar-refractivity contribution in [2.45, 2.75) is 19.3 Å². The second-order valence-electron chi connectivity index (χ2n) is 4.17. The molecule has 1 saturated heterocycles. The van der Waals surface area contributed by atoms with E-state index in [0.717, 1.165) is 12.8 Å². The number of nitrogens with two attached hydrogens (primary N) is 1. The van der Waals surface area contributed by atoms with Gasteiger partial charge in [-0.1, -0.05) is 11.8 Å². The fourth-order valence-electron chi connectivity index (χ4n) is 2.05. The highest BCUT2D eigenvalue weighted by Gasteiger charge is 2.21. The van der Waals surface area contributed by atoms with Crippen molar-refractivity contribution in [1.29, 1.82) is 0 Å². The van der Waals surface area contributed by atoms with Gasteiger partial charge in [-0.25, -0.2) is 4.39 Å². The first kappa shape index (κ1) is 12.6. The molecule has 4 heteroatoms. The van der Waals surface area contributed by atoms with Crippen LogP contribution in [0.15, 0.2) is 18.2 Å². The van der Waals surface area contributed by atoms with Crippen LogP contribution in [0, 0.1) is 17.7 Å². The second-order valence-corrected chi connectivity index (χ2v) is 4.17. The van der Waals surface area contributed by atoms with Crippen LogP contribution in [0.25, 0.3) is 0 Å². The normalized spacial score (nSPS) is 15.2. The summed E-state index contributed by atoms with van der Waals surface area (Å²) >= 11 is 0. The van der Waals surface area contributed by atoms with Gasteiger partial charge in [-0.05, 0) is 31.0 Å². The molecule has 1 aromatic carbocycles. The van der Waals surface area contributed by atoms with E-state index in [1.54, 1.807) is 11.0 Å². The van der Waals surface area contributed by atoms with Gasteiger partial charge in [0.25, 0.3) is 0 Å². The van der Waals surface area contributed by atoms with Crippen molar-refractivity contribution in [3.05, 3.63) is 29.6 Å². The average Bonchev–Trinajstić information content (AvgIpc) is 2.37. The van der Waals surface area contributed by atoms with Gasteiger partial charge in [0.2, 0.25) is 5.91 Å². The standard InChI is InChI=1S/C14H15FN2O/c15-12-6-7-13(11(10-12)4-3-8-16)17-9-2-1-5-14(17)18/h6-7,10H,1-2,5,8-9,16H2. The maximum Gasteiger partial charge on any atom is 0.227 e. The molecule has 1 amide bonds. The number of nitrogens with zero attached hydrogens (tertiary/aromatic N) is 1. The lowest BCUT2D eigenvalue weighted by Crippen LogP contribution is -2.35. The van der Waals surface area contributed by atoms with Crippen molar-refractivity contribution in [3.63, 3.8) is 0 Å². The molecule has 2 N–H and O–H groups in total. The molecule has 94 valence electrons. The quantitative estimate of drug-likeness (QED) is 0.766. The molecule has 1 fully saturated rings. The average molecular weight is 246 g/mol. The van der Waals surface area contributed by atoms with Crippen LogP contribution in [0.1, 0.15) is 24.8 Å². The Balaban J connectivity index is 2.39. The summed E-state index contributed by atoms with van der Waals surface area (Å²) in [4.78, 5) is 13.5. The number of carbonyl (C=O) groups excluding carboxylic acids is 1. The zero-order chi connectivity index (χ0) is 13.0. The fourth-order valence-corrected chi connectivity index (χ4v) is 2.05. The number of benzene rings is 1. The third-order valence-corrected chi connectivity index (χ3v) is 2.90. The zero-order valence-electron chi connectivity index (χ0n) is 10.1. The van der Waals surface area contributed by atoms with Gasteiger partial charge in [-0.15, -0.1) is 0 Å². The molecular weight excluding hydrogens is 231 g/mol. The van der Waals surface area contributed by atoms with E-state index in [0.29, 0.717) is 24.2 Å². The molecule has 0 aliphatic carbocycles. The Morgan fingerprint density at radius 1 is 1.39 bits per heavy atom. The number of carbonyl (C=O) groups is 1. The number of hydrogen-bond donors (Lipinski definition) is 1. The Kier molecular flexibility index (Phi) is 3.96. The summed E-state index contributed by atoms with van der Waals surface area (Å²) in [5.41, 5.74) is 6.53. The molecule has 1 aromatic rings. The van der Waals surface area contributed by atoms with Gasteiger partial charge >= 0.3 is 0 Å². The maximum atomic E-state index is 13.2. The molecule has 18 heavy (non-hydrogen) atoms. The van der Waals surface area contributed by atoms with Gasteiger partial charge in [0.15, 0.2) is 0 Å². The van der Waals surface area contributed by atoms with Gasteiger partial charge in [0, 0.05) is 13.0 Å². The molecule has 2 rings (SSSR count). The van der Waals surface area contributed by atoms with E-state index in [1.807, 2.05) is 0 Å². The number of halogens is 1. The van der Waals surface area contributed by atoms with Crippen molar-refractivity contribution < 1.29 is 9.18 Å². The van der Waals surface area contributed by atoms with Crippen molar-refractivity contribution in [1.82, 2.24) is 0 Å². The Labute approximate surface area is 106 Å². The van der Waals surface area contributed by atoms with Crippen LogP contribution in [0.5, 0.6) is 0 Å². The molecule has 0 saturated carbocycles. The van der Waals surface area contributed by atoms with E-state index in [1.165, 1.54) is 12.1 Å². The van der Waals surface area contributed by atoms with E-state index in [-0.39, 0.29) is 18.3 Å². The minimum Gasteiger partial charge on any atom is -0.320 e. The monoisotopic (exact) mass is 246 g/mol. The van der Waals surface area contributed by atoms with Crippen molar-refractivity contribution in [3.8, 4) is 11.8 Å². The van der Waals surface area contributed by atoms with Gasteiger partial charge in [-0.3, -0.25) is 4.79 Å². The van der Waals surface area contributed by atoms with Crippen LogP contribution in [0.4, 0.5) is 10.1 Å². The van der Waals surface area contributed by atoms with Gasteiger partial charge < -0.3 is 10.6 Å². The summed E-state index contributed by atoms with van der Waals surface area (Å²) in [6.45, 7) is 0.881. The number of rotatable bonds is 1. The SMILES string of the molecule is NCC#Cc1cc(F)ccc1N1CCCCC1=O. The summed E-state index contributed by atoms with van der Waals surface area (Å²) < 4.78 is 13.2. The van der Waals surface area contributed by atoms with Crippen LogP contribution in [-0.4, -0.2) is 19.0 Å². The molecular formula is C14H15FN2O. The summed E-state index contributed by atoms with van der Waals surface area (Å²) in [5.74, 6) is 5.24. The van der Waals surface area contributed by atoms with E-state index >= 15 is 0 Å². The number of hydrogen-bond acceptors (Lipinski definition) is 2. The highest BCUT2D eigenvalue weighted by Crippen LogP contribution is 2.25. The van der Waals surface area contributed by atoms with E-state index in [9.17, 15) is 9.18 Å². The summed E-state index contributed by atoms with van der Waals surface area (Å²) in [7, 11) is 0. The highest BCUT2D eigenvalue weighted by atomic mass is 19.1. The van der Waals surface area contributed by atoms with Crippen LogP contribution in [0.2, 0.25) is 0 Å². The minimum atomic E-state index is -0.357. The first-order chi connectivity index (χ1) is 8.72. The number of anilines is 1. The topological polar surface area (TPSA) is 46.3 Å². The summed E-state index contributed by atoms with van der Waals surface area (Å²) in [6.07, 6.45) is 2.42. The maximum absolute atomic E-state index is 13.2. The minimum absolute atomic E-state index is 0.0728. The molecule has 3 nitrogen and oxygen atoms in total. The lowest BCUT2D eigenvalue weighted by atomic mass is 10.1. The smallest absolute Gasteiger partial charge is 0.227 e. The van der Waals surface area contributed by atoms with E-state index in [2.05, 4.69) is 11.8 Å². The molecule has 1 aliphatic rings.